The first-order chi connectivity index (χ1) is 7.70. The van der Waals surface area contributed by atoms with Crippen molar-refractivity contribution in [1.82, 2.24) is 5.32 Å². The third-order valence-corrected chi connectivity index (χ3v) is 3.26. The molecule has 4 nitrogen and oxygen atoms in total. The van der Waals surface area contributed by atoms with E-state index in [1.54, 1.807) is 0 Å². The van der Waals surface area contributed by atoms with Crippen LogP contribution in [0.1, 0.15) is 33.1 Å². The summed E-state index contributed by atoms with van der Waals surface area (Å²) in [7, 11) is 0. The van der Waals surface area contributed by atoms with Gasteiger partial charge in [-0.3, -0.25) is 0 Å². The summed E-state index contributed by atoms with van der Waals surface area (Å²) in [4.78, 5) is 0. The highest BCUT2D eigenvalue weighted by atomic mass is 16.5. The lowest BCUT2D eigenvalue weighted by atomic mass is 9.90. The lowest BCUT2D eigenvalue weighted by Crippen LogP contribution is -2.45. The van der Waals surface area contributed by atoms with E-state index in [0.717, 1.165) is 32.4 Å². The van der Waals surface area contributed by atoms with Gasteiger partial charge in [-0.2, -0.15) is 0 Å². The lowest BCUT2D eigenvalue weighted by molar-refractivity contribution is -0.0784. The van der Waals surface area contributed by atoms with Crippen molar-refractivity contribution >= 4 is 0 Å². The van der Waals surface area contributed by atoms with E-state index in [4.69, 9.17) is 14.6 Å². The Morgan fingerprint density at radius 1 is 1.50 bits per heavy atom. The van der Waals surface area contributed by atoms with Gasteiger partial charge in [-0.15, -0.1) is 0 Å². The van der Waals surface area contributed by atoms with Crippen molar-refractivity contribution in [3.05, 3.63) is 0 Å². The third kappa shape index (κ3) is 4.78. The molecule has 1 saturated heterocycles. The first-order valence-electron chi connectivity index (χ1n) is 6.26. The maximum Gasteiger partial charge on any atom is 0.0698 e. The molecular weight excluding hydrogens is 206 g/mol. The van der Waals surface area contributed by atoms with E-state index >= 15 is 0 Å². The Morgan fingerprint density at radius 3 is 3.00 bits per heavy atom. The monoisotopic (exact) mass is 231 g/mol. The molecule has 1 aliphatic rings. The second kappa shape index (κ2) is 7.22. The molecule has 0 bridgehead atoms. The van der Waals surface area contributed by atoms with Crippen LogP contribution in [-0.4, -0.2) is 49.7 Å². The van der Waals surface area contributed by atoms with Crippen molar-refractivity contribution in [3.63, 3.8) is 0 Å². The first kappa shape index (κ1) is 13.9. The van der Waals surface area contributed by atoms with Crippen LogP contribution in [0.4, 0.5) is 0 Å². The molecule has 96 valence electrons. The predicted octanol–water partition coefficient (Wildman–Crippen LogP) is 0.933. The average Bonchev–Trinajstić information content (AvgIpc) is 2.29. The molecule has 2 atom stereocenters. The van der Waals surface area contributed by atoms with E-state index in [1.165, 1.54) is 0 Å². The van der Waals surface area contributed by atoms with Gasteiger partial charge in [-0.25, -0.2) is 0 Å². The fourth-order valence-corrected chi connectivity index (χ4v) is 2.05. The predicted molar refractivity (Wildman–Crippen MR) is 63.6 cm³/mol. The quantitative estimate of drug-likeness (QED) is 0.640. The van der Waals surface area contributed by atoms with Gasteiger partial charge in [-0.05, 0) is 26.2 Å². The Kier molecular flexibility index (Phi) is 6.28. The number of hydrogen-bond acceptors (Lipinski definition) is 4. The normalized spacial score (nSPS) is 30.6. The van der Waals surface area contributed by atoms with Gasteiger partial charge in [0.05, 0.1) is 25.4 Å². The van der Waals surface area contributed by atoms with Gasteiger partial charge < -0.3 is 19.9 Å². The molecule has 2 N–H and O–H groups in total. The molecular formula is C12H25NO3. The van der Waals surface area contributed by atoms with Crippen LogP contribution < -0.4 is 5.32 Å². The van der Waals surface area contributed by atoms with Gasteiger partial charge in [0.2, 0.25) is 0 Å². The Bertz CT molecular complexity index is 189. The highest BCUT2D eigenvalue weighted by Crippen LogP contribution is 2.27. The lowest BCUT2D eigenvalue weighted by Gasteiger charge is -2.38. The minimum atomic E-state index is 0.0435. The number of rotatable bonds is 7. The molecule has 0 aromatic rings. The summed E-state index contributed by atoms with van der Waals surface area (Å²) in [6, 6.07) is 0.538. The summed E-state index contributed by atoms with van der Waals surface area (Å²) in [6.45, 7) is 7.26. The molecule has 0 saturated carbocycles. The van der Waals surface area contributed by atoms with Crippen LogP contribution in [0.25, 0.3) is 0 Å². The topological polar surface area (TPSA) is 50.7 Å². The standard InChI is InChI=1S/C12H25NO3/c1-3-12(2)10-11(4-7-16-12)13-5-8-15-9-6-14/h11,13-14H,3-10H2,1-2H3. The van der Waals surface area contributed by atoms with Crippen LogP contribution in [0, 0.1) is 0 Å². The molecule has 1 fully saturated rings. The summed E-state index contributed by atoms with van der Waals surface area (Å²) in [5.74, 6) is 0. The Morgan fingerprint density at radius 2 is 2.31 bits per heavy atom. The minimum Gasteiger partial charge on any atom is -0.394 e. The summed E-state index contributed by atoms with van der Waals surface area (Å²) in [5.41, 5.74) is 0.0435. The maximum atomic E-state index is 8.55. The van der Waals surface area contributed by atoms with Crippen LogP contribution in [0.2, 0.25) is 0 Å². The molecule has 0 aromatic carbocycles. The molecule has 2 unspecified atom stereocenters. The zero-order valence-electron chi connectivity index (χ0n) is 10.5. The third-order valence-electron chi connectivity index (χ3n) is 3.26. The van der Waals surface area contributed by atoms with E-state index in [9.17, 15) is 0 Å². The van der Waals surface area contributed by atoms with Gasteiger partial charge in [-0.1, -0.05) is 6.92 Å². The molecule has 0 radical (unpaired) electrons. The maximum absolute atomic E-state index is 8.55. The van der Waals surface area contributed by atoms with E-state index in [-0.39, 0.29) is 12.2 Å². The van der Waals surface area contributed by atoms with Gasteiger partial charge in [0, 0.05) is 19.2 Å². The Hall–Kier alpha value is -0.160. The highest BCUT2D eigenvalue weighted by molar-refractivity contribution is 4.85. The number of aliphatic hydroxyl groups is 1. The fourth-order valence-electron chi connectivity index (χ4n) is 2.05. The van der Waals surface area contributed by atoms with E-state index in [0.29, 0.717) is 19.3 Å². The first-order valence-corrected chi connectivity index (χ1v) is 6.26. The average molecular weight is 231 g/mol. The number of aliphatic hydroxyl groups excluding tert-OH is 1. The molecule has 1 aliphatic heterocycles. The Labute approximate surface area is 98.3 Å². The van der Waals surface area contributed by atoms with Gasteiger partial charge in [0.15, 0.2) is 0 Å². The van der Waals surface area contributed by atoms with Crippen molar-refractivity contribution < 1.29 is 14.6 Å². The van der Waals surface area contributed by atoms with Crippen LogP contribution >= 0.6 is 0 Å². The SMILES string of the molecule is CCC1(C)CC(NCCOCCO)CCO1. The van der Waals surface area contributed by atoms with Crippen molar-refractivity contribution in [1.29, 1.82) is 0 Å². The zero-order valence-corrected chi connectivity index (χ0v) is 10.5. The van der Waals surface area contributed by atoms with Crippen LogP contribution in [0.5, 0.6) is 0 Å². The molecule has 0 aliphatic carbocycles. The molecule has 0 aromatic heterocycles. The number of hydrogen-bond donors (Lipinski definition) is 2. The second-order valence-electron chi connectivity index (χ2n) is 4.63. The highest BCUT2D eigenvalue weighted by Gasteiger charge is 2.31. The van der Waals surface area contributed by atoms with Crippen molar-refractivity contribution in [2.75, 3.05) is 33.0 Å². The van der Waals surface area contributed by atoms with E-state index < -0.39 is 0 Å². The van der Waals surface area contributed by atoms with Gasteiger partial charge >= 0.3 is 0 Å². The minimum absolute atomic E-state index is 0.0435. The van der Waals surface area contributed by atoms with Crippen molar-refractivity contribution in [2.24, 2.45) is 0 Å². The summed E-state index contributed by atoms with van der Waals surface area (Å²) in [6.07, 6.45) is 3.21. The molecule has 1 rings (SSSR count). The molecule has 4 heteroatoms. The number of nitrogens with one attached hydrogen (secondary N) is 1. The summed E-state index contributed by atoms with van der Waals surface area (Å²) < 4.78 is 11.0. The fraction of sp³-hybridized carbons (Fsp3) is 1.00. The summed E-state index contributed by atoms with van der Waals surface area (Å²) in [5, 5.41) is 12.0. The molecule has 0 spiro atoms. The summed E-state index contributed by atoms with van der Waals surface area (Å²) >= 11 is 0. The number of ether oxygens (including phenoxy) is 2. The van der Waals surface area contributed by atoms with Crippen LogP contribution in [0.15, 0.2) is 0 Å². The van der Waals surface area contributed by atoms with E-state index in [2.05, 4.69) is 19.2 Å². The van der Waals surface area contributed by atoms with Crippen LogP contribution in [0.3, 0.4) is 0 Å². The van der Waals surface area contributed by atoms with Crippen LogP contribution in [-0.2, 0) is 9.47 Å². The van der Waals surface area contributed by atoms with Gasteiger partial charge in [0.1, 0.15) is 0 Å². The molecule has 1 heterocycles. The Balaban J connectivity index is 2.12. The molecule has 0 amide bonds. The largest absolute Gasteiger partial charge is 0.394 e. The smallest absolute Gasteiger partial charge is 0.0698 e. The van der Waals surface area contributed by atoms with Crippen molar-refractivity contribution in [2.45, 2.75) is 44.8 Å². The van der Waals surface area contributed by atoms with E-state index in [1.807, 2.05) is 0 Å². The second-order valence-corrected chi connectivity index (χ2v) is 4.63. The molecule has 16 heavy (non-hydrogen) atoms. The van der Waals surface area contributed by atoms with Crippen molar-refractivity contribution in [3.8, 4) is 0 Å². The zero-order chi connectivity index (χ0) is 11.9. The van der Waals surface area contributed by atoms with Gasteiger partial charge in [0.25, 0.3) is 0 Å².